The fourth-order valence-corrected chi connectivity index (χ4v) is 2.51. The predicted molar refractivity (Wildman–Crippen MR) is 74.9 cm³/mol. The molecule has 0 bridgehead atoms. The van der Waals surface area contributed by atoms with E-state index in [9.17, 15) is 22.0 Å². The Hall–Kier alpha value is -2.01. The molecule has 0 aliphatic rings. The molecule has 0 aliphatic carbocycles. The van der Waals surface area contributed by atoms with Crippen LogP contribution < -0.4 is 0 Å². The molecular formula is C13H12F5N3O2S. The molecule has 0 saturated heterocycles. The zero-order valence-corrected chi connectivity index (χ0v) is 13.1. The van der Waals surface area contributed by atoms with Gasteiger partial charge in [-0.25, -0.2) is 8.78 Å². The molecule has 0 fully saturated rings. The van der Waals surface area contributed by atoms with E-state index in [1.165, 1.54) is 11.1 Å². The molecule has 0 radical (unpaired) electrons. The van der Waals surface area contributed by atoms with Crippen LogP contribution in [0.25, 0.3) is 10.7 Å². The van der Waals surface area contributed by atoms with Gasteiger partial charge in [-0.05, 0) is 19.1 Å². The fourth-order valence-electron chi connectivity index (χ4n) is 1.60. The topological polar surface area (TPSA) is 51.4 Å². The fraction of sp³-hybridized carbons (Fsp3) is 0.385. The van der Waals surface area contributed by atoms with Crippen LogP contribution in [0.5, 0.6) is 0 Å². The minimum atomic E-state index is -4.72. The molecular weight excluding hydrogens is 357 g/mol. The lowest BCUT2D eigenvalue weighted by Gasteiger charge is -2.22. The van der Waals surface area contributed by atoms with Crippen LogP contribution in [-0.4, -0.2) is 28.2 Å². The summed E-state index contributed by atoms with van der Waals surface area (Å²) in [5.74, 6) is -1.63. The van der Waals surface area contributed by atoms with Crippen LogP contribution >= 0.6 is 11.3 Å². The van der Waals surface area contributed by atoms with Gasteiger partial charge in [-0.1, -0.05) is 11.7 Å². The van der Waals surface area contributed by atoms with Gasteiger partial charge in [0.25, 0.3) is 6.43 Å². The zero-order chi connectivity index (χ0) is 17.9. The first kappa shape index (κ1) is 18.3. The third kappa shape index (κ3) is 4.74. The van der Waals surface area contributed by atoms with Crippen LogP contribution in [0, 0.1) is 0 Å². The van der Waals surface area contributed by atoms with Crippen molar-refractivity contribution in [2.24, 2.45) is 0 Å². The highest BCUT2D eigenvalue weighted by molar-refractivity contribution is 7.15. The predicted octanol–water partition coefficient (Wildman–Crippen LogP) is 4.35. The maximum absolute atomic E-state index is 12.4. The number of alkyl halides is 5. The molecule has 5 nitrogen and oxygen atoms in total. The molecule has 0 atom stereocenters. The van der Waals surface area contributed by atoms with Crippen molar-refractivity contribution >= 4 is 11.3 Å². The van der Waals surface area contributed by atoms with E-state index in [0.717, 1.165) is 11.3 Å². The number of nitrogens with zero attached hydrogens (tertiary/aromatic N) is 3. The summed E-state index contributed by atoms with van der Waals surface area (Å²) in [6.07, 6.45) is -7.35. The van der Waals surface area contributed by atoms with Gasteiger partial charge >= 0.3 is 12.1 Å². The van der Waals surface area contributed by atoms with Gasteiger partial charge in [0.1, 0.15) is 6.61 Å². The summed E-state index contributed by atoms with van der Waals surface area (Å²) in [5.41, 5.74) is 0.407. The smallest absolute Gasteiger partial charge is 0.329 e. The first-order valence-corrected chi connectivity index (χ1v) is 7.32. The van der Waals surface area contributed by atoms with Crippen LogP contribution in [0.1, 0.15) is 17.7 Å². The van der Waals surface area contributed by atoms with Gasteiger partial charge < -0.3 is 4.52 Å². The van der Waals surface area contributed by atoms with Crippen LogP contribution in [0.3, 0.4) is 0 Å². The lowest BCUT2D eigenvalue weighted by molar-refractivity contribution is -0.166. The summed E-state index contributed by atoms with van der Waals surface area (Å²) in [4.78, 5) is 9.20. The van der Waals surface area contributed by atoms with E-state index in [2.05, 4.69) is 21.2 Å². The van der Waals surface area contributed by atoms with Gasteiger partial charge in [0.15, 0.2) is 0 Å². The minimum absolute atomic E-state index is 0.108. The van der Waals surface area contributed by atoms with Crippen molar-refractivity contribution in [2.45, 2.75) is 26.1 Å². The Morgan fingerprint density at radius 1 is 1.42 bits per heavy atom. The SMILES string of the molecule is C=C(C)N(Cc1ccc(-c2noc(C(F)(F)F)n2)s1)OCC(F)F. The summed E-state index contributed by atoms with van der Waals surface area (Å²) in [5, 5.41) is 4.46. The Bertz CT molecular complexity index is 698. The van der Waals surface area contributed by atoms with Crippen molar-refractivity contribution in [1.82, 2.24) is 15.2 Å². The second-order valence-corrected chi connectivity index (χ2v) is 5.81. The third-order valence-corrected chi connectivity index (χ3v) is 3.70. The molecule has 2 rings (SSSR count). The zero-order valence-electron chi connectivity index (χ0n) is 12.3. The highest BCUT2D eigenvalue weighted by Crippen LogP contribution is 2.32. The van der Waals surface area contributed by atoms with E-state index in [1.807, 2.05) is 0 Å². The maximum Gasteiger partial charge on any atom is 0.471 e. The molecule has 0 N–H and O–H groups in total. The molecule has 24 heavy (non-hydrogen) atoms. The Morgan fingerprint density at radius 3 is 2.67 bits per heavy atom. The van der Waals surface area contributed by atoms with Crippen LogP contribution in [-0.2, 0) is 17.6 Å². The van der Waals surface area contributed by atoms with E-state index in [4.69, 9.17) is 4.84 Å². The Kier molecular flexibility index (Phi) is 5.54. The van der Waals surface area contributed by atoms with E-state index < -0.39 is 25.1 Å². The van der Waals surface area contributed by atoms with Gasteiger partial charge in [0.2, 0.25) is 5.82 Å². The molecule has 0 aliphatic heterocycles. The Labute approximate surface area is 137 Å². The first-order valence-electron chi connectivity index (χ1n) is 6.51. The number of rotatable bonds is 7. The molecule has 2 heterocycles. The Balaban J connectivity index is 2.09. The lowest BCUT2D eigenvalue weighted by Crippen LogP contribution is -2.23. The van der Waals surface area contributed by atoms with E-state index in [0.29, 0.717) is 15.5 Å². The number of allylic oxidation sites excluding steroid dienone is 1. The number of hydrogen-bond acceptors (Lipinski definition) is 6. The normalized spacial score (nSPS) is 12.0. The van der Waals surface area contributed by atoms with E-state index >= 15 is 0 Å². The molecule has 2 aromatic heterocycles. The summed E-state index contributed by atoms with van der Waals surface area (Å²) < 4.78 is 66.0. The van der Waals surface area contributed by atoms with Crippen LogP contribution in [0.2, 0.25) is 0 Å². The highest BCUT2D eigenvalue weighted by atomic mass is 32.1. The van der Waals surface area contributed by atoms with Crippen LogP contribution in [0.4, 0.5) is 22.0 Å². The maximum atomic E-state index is 12.4. The molecule has 2 aromatic rings. The average Bonchev–Trinajstić information content (AvgIpc) is 3.10. The quantitative estimate of drug-likeness (QED) is 0.537. The average molecular weight is 369 g/mol. The minimum Gasteiger partial charge on any atom is -0.329 e. The van der Waals surface area contributed by atoms with Gasteiger partial charge in [0, 0.05) is 10.6 Å². The van der Waals surface area contributed by atoms with Gasteiger partial charge in [-0.3, -0.25) is 9.90 Å². The summed E-state index contributed by atoms with van der Waals surface area (Å²) in [6, 6.07) is 3.11. The summed E-state index contributed by atoms with van der Waals surface area (Å²) >= 11 is 1.09. The summed E-state index contributed by atoms with van der Waals surface area (Å²) in [7, 11) is 0. The molecule has 0 unspecified atom stereocenters. The molecule has 0 saturated carbocycles. The van der Waals surface area contributed by atoms with E-state index in [-0.39, 0.29) is 12.4 Å². The van der Waals surface area contributed by atoms with Crippen molar-refractivity contribution in [1.29, 1.82) is 0 Å². The highest BCUT2D eigenvalue weighted by Gasteiger charge is 2.38. The van der Waals surface area contributed by atoms with Crippen molar-refractivity contribution < 1.29 is 31.3 Å². The van der Waals surface area contributed by atoms with Crippen molar-refractivity contribution in [2.75, 3.05) is 6.61 Å². The molecule has 0 aromatic carbocycles. The second kappa shape index (κ2) is 7.26. The summed E-state index contributed by atoms with van der Waals surface area (Å²) in [6.45, 7) is 4.52. The Morgan fingerprint density at radius 2 is 2.12 bits per heavy atom. The van der Waals surface area contributed by atoms with Crippen molar-refractivity contribution in [3.8, 4) is 10.7 Å². The third-order valence-electron chi connectivity index (χ3n) is 2.63. The standard InChI is InChI=1S/C13H12F5N3O2S/c1-7(2)21(22-6-10(14)15)5-8-3-4-9(24-8)11-19-12(23-20-11)13(16,17)18/h3-4,10H,1,5-6H2,2H3. The van der Waals surface area contributed by atoms with Gasteiger partial charge in [0.05, 0.1) is 11.4 Å². The number of hydroxylamine groups is 2. The van der Waals surface area contributed by atoms with Gasteiger partial charge in [-0.15, -0.1) is 11.3 Å². The number of halogens is 5. The molecule has 0 amide bonds. The second-order valence-electron chi connectivity index (χ2n) is 4.65. The monoisotopic (exact) mass is 369 g/mol. The van der Waals surface area contributed by atoms with Crippen molar-refractivity contribution in [3.05, 3.63) is 35.2 Å². The largest absolute Gasteiger partial charge is 0.471 e. The van der Waals surface area contributed by atoms with E-state index in [1.54, 1.807) is 13.0 Å². The van der Waals surface area contributed by atoms with Gasteiger partial charge in [-0.2, -0.15) is 18.2 Å². The number of hydrogen-bond donors (Lipinski definition) is 0. The van der Waals surface area contributed by atoms with Crippen molar-refractivity contribution in [3.63, 3.8) is 0 Å². The lowest BCUT2D eigenvalue weighted by atomic mass is 10.4. The van der Waals surface area contributed by atoms with Crippen LogP contribution in [0.15, 0.2) is 28.9 Å². The first-order chi connectivity index (χ1) is 11.2. The number of aromatic nitrogens is 2. The molecule has 132 valence electrons. The molecule has 0 spiro atoms. The number of thiophene rings is 1. The molecule has 11 heteroatoms.